The number of guanidine groups is 1. The van der Waals surface area contributed by atoms with E-state index in [1.807, 2.05) is 11.6 Å². The minimum Gasteiger partial charge on any atom is -0.370 e. The molecule has 1 aliphatic heterocycles. The molecule has 0 unspecified atom stereocenters. The third-order valence-corrected chi connectivity index (χ3v) is 5.08. The second-order valence-electron chi connectivity index (χ2n) is 6.45. The Hall–Kier alpha value is -1.34. The van der Waals surface area contributed by atoms with Crippen molar-refractivity contribution in [3.8, 4) is 0 Å². The average Bonchev–Trinajstić information content (AvgIpc) is 3.05. The molecule has 0 radical (unpaired) electrons. The van der Waals surface area contributed by atoms with Gasteiger partial charge in [0.2, 0.25) is 0 Å². The Balaban J connectivity index is 1.78. The summed E-state index contributed by atoms with van der Waals surface area (Å²) in [5, 5.41) is 3.12. The van der Waals surface area contributed by atoms with Gasteiger partial charge in [-0.1, -0.05) is 0 Å². The first-order chi connectivity index (χ1) is 11.0. The normalized spacial score (nSPS) is 16.9. The SMILES string of the molecule is CC(C)N(CCN=C(N)N1CCN(c2nccs2)CC1)C(C)C. The number of aromatic nitrogens is 1. The molecule has 7 heteroatoms. The standard InChI is InChI=1S/C16H30N6S/c1-13(2)22(14(3)4)7-5-18-15(17)20-8-10-21(11-9-20)16-19-6-12-23-16/h6,12-14H,5,7-11H2,1-4H3,(H2,17,18). The van der Waals surface area contributed by atoms with E-state index >= 15 is 0 Å². The number of anilines is 1. The summed E-state index contributed by atoms with van der Waals surface area (Å²) in [7, 11) is 0. The van der Waals surface area contributed by atoms with Crippen molar-refractivity contribution in [1.82, 2.24) is 14.8 Å². The van der Waals surface area contributed by atoms with E-state index < -0.39 is 0 Å². The van der Waals surface area contributed by atoms with Gasteiger partial charge >= 0.3 is 0 Å². The lowest BCUT2D eigenvalue weighted by molar-refractivity contribution is 0.180. The van der Waals surface area contributed by atoms with Crippen molar-refractivity contribution < 1.29 is 0 Å². The molecule has 1 aromatic rings. The van der Waals surface area contributed by atoms with Crippen LogP contribution < -0.4 is 10.6 Å². The van der Waals surface area contributed by atoms with Gasteiger partial charge in [0, 0.05) is 56.4 Å². The molecule has 23 heavy (non-hydrogen) atoms. The zero-order valence-electron chi connectivity index (χ0n) is 14.8. The Morgan fingerprint density at radius 1 is 1.26 bits per heavy atom. The third kappa shape index (κ3) is 5.07. The second kappa shape index (κ2) is 8.49. The maximum Gasteiger partial charge on any atom is 0.191 e. The molecule has 0 atom stereocenters. The van der Waals surface area contributed by atoms with Crippen molar-refractivity contribution >= 4 is 22.4 Å². The molecule has 1 aliphatic rings. The van der Waals surface area contributed by atoms with E-state index in [-0.39, 0.29) is 0 Å². The van der Waals surface area contributed by atoms with Gasteiger partial charge in [-0.05, 0) is 27.7 Å². The van der Waals surface area contributed by atoms with E-state index in [0.29, 0.717) is 18.0 Å². The Bertz CT molecular complexity index is 469. The Labute approximate surface area is 144 Å². The van der Waals surface area contributed by atoms with Crippen LogP contribution in [0.4, 0.5) is 5.13 Å². The lowest BCUT2D eigenvalue weighted by Crippen LogP contribution is -2.51. The molecule has 0 aliphatic carbocycles. The molecular formula is C16H30N6S. The predicted octanol–water partition coefficient (Wildman–Crippen LogP) is 1.70. The minimum absolute atomic E-state index is 0.535. The summed E-state index contributed by atoms with van der Waals surface area (Å²) in [4.78, 5) is 15.9. The molecule has 0 saturated carbocycles. The van der Waals surface area contributed by atoms with Gasteiger partial charge in [0.05, 0.1) is 6.54 Å². The van der Waals surface area contributed by atoms with E-state index in [1.54, 1.807) is 11.3 Å². The van der Waals surface area contributed by atoms with Crippen LogP contribution in [0.2, 0.25) is 0 Å². The summed E-state index contributed by atoms with van der Waals surface area (Å²) in [5.74, 6) is 0.677. The molecule has 0 aromatic carbocycles. The summed E-state index contributed by atoms with van der Waals surface area (Å²) < 4.78 is 0. The highest BCUT2D eigenvalue weighted by atomic mass is 32.1. The smallest absolute Gasteiger partial charge is 0.191 e. The number of piperazine rings is 1. The lowest BCUT2D eigenvalue weighted by atomic mass is 10.2. The summed E-state index contributed by atoms with van der Waals surface area (Å²) in [6, 6.07) is 1.07. The van der Waals surface area contributed by atoms with Gasteiger partial charge in [0.1, 0.15) is 0 Å². The predicted molar refractivity (Wildman–Crippen MR) is 99.4 cm³/mol. The number of nitrogens with two attached hydrogens (primary N) is 1. The maximum atomic E-state index is 6.18. The van der Waals surface area contributed by atoms with Crippen LogP contribution >= 0.6 is 11.3 Å². The van der Waals surface area contributed by atoms with Crippen molar-refractivity contribution in [3.05, 3.63) is 11.6 Å². The average molecular weight is 339 g/mol. The van der Waals surface area contributed by atoms with Crippen molar-refractivity contribution in [1.29, 1.82) is 0 Å². The first-order valence-corrected chi connectivity index (χ1v) is 9.32. The third-order valence-electron chi connectivity index (χ3n) is 4.25. The highest BCUT2D eigenvalue weighted by Crippen LogP contribution is 2.18. The maximum absolute atomic E-state index is 6.18. The van der Waals surface area contributed by atoms with Crippen molar-refractivity contribution in [2.24, 2.45) is 10.7 Å². The van der Waals surface area contributed by atoms with Crippen LogP contribution in [-0.4, -0.2) is 72.1 Å². The topological polar surface area (TPSA) is 61.0 Å². The molecule has 2 heterocycles. The molecule has 6 nitrogen and oxygen atoms in total. The highest BCUT2D eigenvalue weighted by molar-refractivity contribution is 7.13. The van der Waals surface area contributed by atoms with Gasteiger partial charge in [-0.15, -0.1) is 11.3 Å². The van der Waals surface area contributed by atoms with E-state index in [1.165, 1.54) is 0 Å². The van der Waals surface area contributed by atoms with Crippen LogP contribution in [0.25, 0.3) is 0 Å². The molecule has 0 amide bonds. The van der Waals surface area contributed by atoms with E-state index in [0.717, 1.165) is 44.4 Å². The summed E-state index contributed by atoms with van der Waals surface area (Å²) in [5.41, 5.74) is 6.18. The molecule has 1 saturated heterocycles. The van der Waals surface area contributed by atoms with Crippen LogP contribution in [0.1, 0.15) is 27.7 Å². The van der Waals surface area contributed by atoms with Crippen LogP contribution in [0, 0.1) is 0 Å². The molecule has 0 bridgehead atoms. The summed E-state index contributed by atoms with van der Waals surface area (Å²) in [6.45, 7) is 14.3. The van der Waals surface area contributed by atoms with Crippen molar-refractivity contribution in [3.63, 3.8) is 0 Å². The number of thiazole rings is 1. The molecule has 2 rings (SSSR count). The Morgan fingerprint density at radius 2 is 1.91 bits per heavy atom. The minimum atomic E-state index is 0.535. The van der Waals surface area contributed by atoms with Crippen LogP contribution in [0.3, 0.4) is 0 Å². The van der Waals surface area contributed by atoms with Crippen molar-refractivity contribution in [2.45, 2.75) is 39.8 Å². The van der Waals surface area contributed by atoms with Gasteiger partial charge in [0.25, 0.3) is 0 Å². The van der Waals surface area contributed by atoms with Crippen molar-refractivity contribution in [2.75, 3.05) is 44.2 Å². The fraction of sp³-hybridized carbons (Fsp3) is 0.750. The zero-order chi connectivity index (χ0) is 16.8. The number of hydrogen-bond acceptors (Lipinski definition) is 5. The summed E-state index contributed by atoms with van der Waals surface area (Å²) >= 11 is 1.69. The van der Waals surface area contributed by atoms with Gasteiger partial charge in [-0.3, -0.25) is 9.89 Å². The monoisotopic (exact) mass is 338 g/mol. The molecule has 0 spiro atoms. The zero-order valence-corrected chi connectivity index (χ0v) is 15.6. The van der Waals surface area contributed by atoms with Crippen LogP contribution in [0.5, 0.6) is 0 Å². The lowest BCUT2D eigenvalue weighted by Gasteiger charge is -2.35. The first kappa shape index (κ1) is 18.0. The van der Waals surface area contributed by atoms with E-state index in [2.05, 4.69) is 52.4 Å². The molecule has 1 aromatic heterocycles. The first-order valence-electron chi connectivity index (χ1n) is 8.44. The number of nitrogens with zero attached hydrogens (tertiary/aromatic N) is 5. The van der Waals surface area contributed by atoms with Gasteiger partial charge in [-0.25, -0.2) is 4.98 Å². The van der Waals surface area contributed by atoms with Gasteiger partial charge in [-0.2, -0.15) is 0 Å². The number of rotatable bonds is 6. The van der Waals surface area contributed by atoms with E-state index in [4.69, 9.17) is 5.73 Å². The molecule has 1 fully saturated rings. The molecular weight excluding hydrogens is 308 g/mol. The van der Waals surface area contributed by atoms with Crippen LogP contribution in [0.15, 0.2) is 16.6 Å². The molecule has 130 valence electrons. The second-order valence-corrected chi connectivity index (χ2v) is 7.33. The van der Waals surface area contributed by atoms with Gasteiger partial charge < -0.3 is 15.5 Å². The number of hydrogen-bond donors (Lipinski definition) is 1. The Kier molecular flexibility index (Phi) is 6.65. The van der Waals surface area contributed by atoms with E-state index in [9.17, 15) is 0 Å². The van der Waals surface area contributed by atoms with Gasteiger partial charge in [0.15, 0.2) is 11.1 Å². The quantitative estimate of drug-likeness (QED) is 0.632. The Morgan fingerprint density at radius 3 is 2.43 bits per heavy atom. The molecule has 2 N–H and O–H groups in total. The fourth-order valence-electron chi connectivity index (χ4n) is 2.99. The largest absolute Gasteiger partial charge is 0.370 e. The fourth-order valence-corrected chi connectivity index (χ4v) is 3.69. The van der Waals surface area contributed by atoms with Crippen LogP contribution in [-0.2, 0) is 0 Å². The summed E-state index contributed by atoms with van der Waals surface area (Å²) in [6.07, 6.45) is 1.86. The number of aliphatic imine (C=N–C) groups is 1. The highest BCUT2D eigenvalue weighted by Gasteiger charge is 2.20.